The van der Waals surface area contributed by atoms with Crippen molar-refractivity contribution >= 4 is 5.97 Å². The molecular weight excluding hydrogens is 187 g/mol. The van der Waals surface area contributed by atoms with Crippen molar-refractivity contribution < 1.29 is 13.9 Å². The molecule has 0 aromatic heterocycles. The Hall–Kier alpha value is -0.680. The third kappa shape index (κ3) is 3.59. The number of hydrogen-bond acceptors (Lipinski definition) is 4. The minimum atomic E-state index is -0.918. The molecular formula is C9H17FN2O2. The second kappa shape index (κ2) is 5.93. The first kappa shape index (κ1) is 11.4. The van der Waals surface area contributed by atoms with Gasteiger partial charge in [-0.1, -0.05) is 0 Å². The molecule has 4 nitrogen and oxygen atoms in total. The van der Waals surface area contributed by atoms with Crippen molar-refractivity contribution in [3.63, 3.8) is 0 Å². The van der Waals surface area contributed by atoms with Crippen molar-refractivity contribution in [1.29, 1.82) is 0 Å². The lowest BCUT2D eigenvalue weighted by Gasteiger charge is -2.27. The predicted octanol–water partition coefficient (Wildman–Crippen LogP) is -0.161. The summed E-state index contributed by atoms with van der Waals surface area (Å²) in [5.41, 5.74) is 0. The van der Waals surface area contributed by atoms with E-state index in [1.807, 2.05) is 0 Å². The third-order valence-corrected chi connectivity index (χ3v) is 2.22. The Morgan fingerprint density at radius 1 is 1.71 bits per heavy atom. The van der Waals surface area contributed by atoms with Crippen LogP contribution in [0.2, 0.25) is 0 Å². The van der Waals surface area contributed by atoms with E-state index in [-0.39, 0.29) is 18.6 Å². The number of nitrogens with one attached hydrogen (secondary N) is 2. The molecule has 2 N–H and O–H groups in total. The van der Waals surface area contributed by atoms with Crippen LogP contribution in [0.5, 0.6) is 0 Å². The number of carbonyl (C=O) groups excluding carboxylic acids is 1. The first-order chi connectivity index (χ1) is 6.74. The fourth-order valence-electron chi connectivity index (χ4n) is 1.48. The maximum atomic E-state index is 13.2. The predicted molar refractivity (Wildman–Crippen MR) is 50.8 cm³/mol. The van der Waals surface area contributed by atoms with E-state index in [4.69, 9.17) is 4.74 Å². The summed E-state index contributed by atoms with van der Waals surface area (Å²) in [6.07, 6.45) is -0.209. The lowest BCUT2D eigenvalue weighted by Crippen LogP contribution is -2.50. The lowest BCUT2D eigenvalue weighted by molar-refractivity contribution is -0.142. The van der Waals surface area contributed by atoms with Gasteiger partial charge in [0.25, 0.3) is 0 Å². The number of carbonyl (C=O) groups is 1. The minimum Gasteiger partial charge on any atom is -0.465 e. The molecule has 0 radical (unpaired) electrons. The van der Waals surface area contributed by atoms with Crippen LogP contribution in [-0.2, 0) is 9.53 Å². The molecule has 0 bridgehead atoms. The Morgan fingerprint density at radius 2 is 2.50 bits per heavy atom. The van der Waals surface area contributed by atoms with Gasteiger partial charge in [0, 0.05) is 12.6 Å². The van der Waals surface area contributed by atoms with Crippen molar-refractivity contribution in [3.8, 4) is 0 Å². The van der Waals surface area contributed by atoms with Crippen molar-refractivity contribution in [2.45, 2.75) is 25.6 Å². The summed E-state index contributed by atoms with van der Waals surface area (Å²) in [7, 11) is 0. The highest BCUT2D eigenvalue weighted by atomic mass is 19.1. The van der Waals surface area contributed by atoms with Gasteiger partial charge in [-0.3, -0.25) is 4.79 Å². The Labute approximate surface area is 83.2 Å². The average molecular weight is 204 g/mol. The second-order valence-corrected chi connectivity index (χ2v) is 3.30. The number of piperidine rings is 1. The van der Waals surface area contributed by atoms with Gasteiger partial charge in [0.2, 0.25) is 0 Å². The van der Waals surface area contributed by atoms with Crippen LogP contribution in [0.4, 0.5) is 4.39 Å². The zero-order valence-electron chi connectivity index (χ0n) is 8.38. The molecule has 1 rings (SSSR count). The molecule has 0 unspecified atom stereocenters. The summed E-state index contributed by atoms with van der Waals surface area (Å²) < 4.78 is 17.9. The fourth-order valence-corrected chi connectivity index (χ4v) is 1.48. The molecule has 0 amide bonds. The normalized spacial score (nSPS) is 27.3. The van der Waals surface area contributed by atoms with Crippen LogP contribution in [0.1, 0.15) is 13.3 Å². The van der Waals surface area contributed by atoms with E-state index in [0.717, 1.165) is 6.54 Å². The Bertz CT molecular complexity index is 190. The van der Waals surface area contributed by atoms with Crippen molar-refractivity contribution in [2.75, 3.05) is 26.2 Å². The number of alkyl halides is 1. The van der Waals surface area contributed by atoms with E-state index in [2.05, 4.69) is 10.6 Å². The summed E-state index contributed by atoms with van der Waals surface area (Å²) in [6, 6.07) is -0.222. The van der Waals surface area contributed by atoms with Gasteiger partial charge in [-0.25, -0.2) is 4.39 Å². The highest BCUT2D eigenvalue weighted by molar-refractivity contribution is 5.71. The molecule has 0 aromatic carbocycles. The Morgan fingerprint density at radius 3 is 3.14 bits per heavy atom. The highest BCUT2D eigenvalue weighted by Gasteiger charge is 2.24. The van der Waals surface area contributed by atoms with Crippen LogP contribution in [0.15, 0.2) is 0 Å². The molecule has 0 saturated carbocycles. The molecule has 1 fully saturated rings. The molecule has 2 atom stereocenters. The summed E-state index contributed by atoms with van der Waals surface area (Å²) in [4.78, 5) is 11.0. The summed E-state index contributed by atoms with van der Waals surface area (Å²) in [5.74, 6) is -0.321. The molecule has 0 aliphatic carbocycles. The smallest absolute Gasteiger partial charge is 0.319 e. The number of hydrogen-bond donors (Lipinski definition) is 2. The van der Waals surface area contributed by atoms with Gasteiger partial charge >= 0.3 is 5.97 Å². The largest absolute Gasteiger partial charge is 0.465 e. The maximum absolute atomic E-state index is 13.2. The maximum Gasteiger partial charge on any atom is 0.319 e. The van der Waals surface area contributed by atoms with Crippen LogP contribution < -0.4 is 10.6 Å². The molecule has 1 aliphatic heterocycles. The quantitative estimate of drug-likeness (QED) is 0.625. The van der Waals surface area contributed by atoms with E-state index >= 15 is 0 Å². The summed E-state index contributed by atoms with van der Waals surface area (Å²) in [6.45, 7) is 3.37. The van der Waals surface area contributed by atoms with E-state index in [9.17, 15) is 9.18 Å². The Kier molecular flexibility index (Phi) is 4.82. The molecule has 0 spiro atoms. The van der Waals surface area contributed by atoms with Gasteiger partial charge in [0.15, 0.2) is 0 Å². The number of esters is 1. The van der Waals surface area contributed by atoms with Gasteiger partial charge in [0.1, 0.15) is 6.17 Å². The summed E-state index contributed by atoms with van der Waals surface area (Å²) >= 11 is 0. The van der Waals surface area contributed by atoms with Crippen LogP contribution in [0.25, 0.3) is 0 Å². The van der Waals surface area contributed by atoms with E-state index in [1.54, 1.807) is 6.92 Å². The lowest BCUT2D eigenvalue weighted by atomic mass is 10.1. The van der Waals surface area contributed by atoms with E-state index in [1.165, 1.54) is 0 Å². The van der Waals surface area contributed by atoms with Gasteiger partial charge in [-0.15, -0.1) is 0 Å². The number of rotatable bonds is 4. The third-order valence-electron chi connectivity index (χ3n) is 2.22. The van der Waals surface area contributed by atoms with Gasteiger partial charge in [-0.05, 0) is 19.9 Å². The monoisotopic (exact) mass is 204 g/mol. The first-order valence-electron chi connectivity index (χ1n) is 4.97. The highest BCUT2D eigenvalue weighted by Crippen LogP contribution is 2.06. The number of halogens is 1. The Balaban J connectivity index is 2.19. The van der Waals surface area contributed by atoms with Gasteiger partial charge in [-0.2, -0.15) is 0 Å². The SMILES string of the molecule is CCOC(=O)CN[C@@H]1CCNC[C@@H]1F. The molecule has 14 heavy (non-hydrogen) atoms. The van der Waals surface area contributed by atoms with E-state index in [0.29, 0.717) is 19.6 Å². The van der Waals surface area contributed by atoms with Crippen LogP contribution in [0.3, 0.4) is 0 Å². The second-order valence-electron chi connectivity index (χ2n) is 3.30. The van der Waals surface area contributed by atoms with Crippen molar-refractivity contribution in [2.24, 2.45) is 0 Å². The van der Waals surface area contributed by atoms with Crippen LogP contribution in [-0.4, -0.2) is 44.4 Å². The zero-order valence-corrected chi connectivity index (χ0v) is 8.38. The molecule has 1 saturated heterocycles. The zero-order chi connectivity index (χ0) is 10.4. The standard InChI is InChI=1S/C9H17FN2O2/c1-2-14-9(13)6-12-8-3-4-11-5-7(8)10/h7-8,11-12H,2-6H2,1H3/t7-,8+/m0/s1. The average Bonchev–Trinajstić information content (AvgIpc) is 2.17. The van der Waals surface area contributed by atoms with Crippen molar-refractivity contribution in [1.82, 2.24) is 10.6 Å². The molecule has 1 aliphatic rings. The van der Waals surface area contributed by atoms with Gasteiger partial charge in [0.05, 0.1) is 13.2 Å². The molecule has 5 heteroatoms. The van der Waals surface area contributed by atoms with Crippen LogP contribution >= 0.6 is 0 Å². The fraction of sp³-hybridized carbons (Fsp3) is 0.889. The topological polar surface area (TPSA) is 50.4 Å². The number of ether oxygens (including phenoxy) is 1. The molecule has 0 aromatic rings. The first-order valence-corrected chi connectivity index (χ1v) is 4.97. The molecule has 82 valence electrons. The summed E-state index contributed by atoms with van der Waals surface area (Å²) in [5, 5.41) is 5.81. The van der Waals surface area contributed by atoms with Crippen molar-refractivity contribution in [3.05, 3.63) is 0 Å². The van der Waals surface area contributed by atoms with Gasteiger partial charge < -0.3 is 15.4 Å². The van der Waals surface area contributed by atoms with Crippen LogP contribution in [0, 0.1) is 0 Å². The minimum absolute atomic E-state index is 0.0962. The molecule has 1 heterocycles. The van der Waals surface area contributed by atoms with E-state index < -0.39 is 6.17 Å².